The minimum absolute atomic E-state index is 0.0603. The van der Waals surface area contributed by atoms with Crippen molar-refractivity contribution >= 4 is 21.7 Å². The highest BCUT2D eigenvalue weighted by Gasteiger charge is 2.26. The van der Waals surface area contributed by atoms with Crippen LogP contribution in [0.15, 0.2) is 23.1 Å². The van der Waals surface area contributed by atoms with Crippen LogP contribution >= 0.6 is 0 Å². The Hall–Kier alpha value is -1.96. The Bertz CT molecular complexity index is 581. The van der Waals surface area contributed by atoms with Crippen LogP contribution in [0.4, 0.5) is 10.5 Å². The van der Waals surface area contributed by atoms with Gasteiger partial charge in [0, 0.05) is 6.04 Å². The number of amides is 2. The van der Waals surface area contributed by atoms with Crippen molar-refractivity contribution in [2.45, 2.75) is 23.8 Å². The average molecular weight is 271 g/mol. The van der Waals surface area contributed by atoms with Gasteiger partial charge in [-0.2, -0.15) is 0 Å². The van der Waals surface area contributed by atoms with E-state index in [0.29, 0.717) is 0 Å². The van der Waals surface area contributed by atoms with Gasteiger partial charge in [-0.25, -0.2) is 17.9 Å². The third-order valence-corrected chi connectivity index (χ3v) is 3.78. The minimum atomic E-state index is -3.97. The molecule has 1 aliphatic carbocycles. The molecular weight excluding hydrogens is 258 g/mol. The van der Waals surface area contributed by atoms with Crippen LogP contribution in [0.3, 0.4) is 0 Å². The maximum absolute atomic E-state index is 11.8. The molecule has 1 fully saturated rings. The number of sulfonamides is 1. The van der Waals surface area contributed by atoms with Gasteiger partial charge in [0.15, 0.2) is 0 Å². The van der Waals surface area contributed by atoms with Crippen LogP contribution in [0.1, 0.15) is 12.8 Å². The molecule has 2 amide bonds. The van der Waals surface area contributed by atoms with Crippen molar-refractivity contribution in [3.05, 3.63) is 18.2 Å². The highest BCUT2D eigenvalue weighted by Crippen LogP contribution is 2.23. The number of hydrogen-bond donors (Lipinski definition) is 4. The second-order valence-electron chi connectivity index (χ2n) is 4.07. The fraction of sp³-hybridized carbons (Fsp3) is 0.300. The predicted molar refractivity (Wildman–Crippen MR) is 64.4 cm³/mol. The Kier molecular flexibility index (Phi) is 3.04. The molecule has 0 atom stereocenters. The summed E-state index contributed by atoms with van der Waals surface area (Å²) in [5.41, 5.74) is 5.33. The SMILES string of the molecule is Nc1cc(S(=O)(=O)NC(=O)NC2CC2)ccc1O. The number of urea groups is 1. The molecule has 0 saturated heterocycles. The van der Waals surface area contributed by atoms with Crippen molar-refractivity contribution in [2.75, 3.05) is 5.73 Å². The Labute approximate surface area is 104 Å². The molecule has 0 radical (unpaired) electrons. The molecule has 1 aromatic rings. The first-order valence-electron chi connectivity index (χ1n) is 5.30. The highest BCUT2D eigenvalue weighted by atomic mass is 32.2. The van der Waals surface area contributed by atoms with Gasteiger partial charge in [0.25, 0.3) is 10.0 Å². The molecular formula is C10H13N3O4S. The number of phenols is 1. The van der Waals surface area contributed by atoms with Gasteiger partial charge < -0.3 is 16.2 Å². The van der Waals surface area contributed by atoms with Gasteiger partial charge in [0.1, 0.15) is 5.75 Å². The summed E-state index contributed by atoms with van der Waals surface area (Å²) in [5, 5.41) is 11.7. The van der Waals surface area contributed by atoms with Gasteiger partial charge in [-0.05, 0) is 31.0 Å². The molecule has 18 heavy (non-hydrogen) atoms. The van der Waals surface area contributed by atoms with Crippen molar-refractivity contribution in [1.29, 1.82) is 0 Å². The molecule has 0 spiro atoms. The lowest BCUT2D eigenvalue weighted by Crippen LogP contribution is -2.40. The van der Waals surface area contributed by atoms with E-state index in [1.54, 1.807) is 0 Å². The van der Waals surface area contributed by atoms with E-state index >= 15 is 0 Å². The molecule has 8 heteroatoms. The van der Waals surface area contributed by atoms with E-state index in [0.717, 1.165) is 25.0 Å². The third-order valence-electron chi connectivity index (χ3n) is 2.45. The molecule has 0 bridgehead atoms. The third kappa shape index (κ3) is 2.83. The lowest BCUT2D eigenvalue weighted by atomic mass is 10.3. The number of carbonyl (C=O) groups is 1. The van der Waals surface area contributed by atoms with Gasteiger partial charge in [-0.1, -0.05) is 0 Å². The van der Waals surface area contributed by atoms with Gasteiger partial charge in [-0.15, -0.1) is 0 Å². The molecule has 98 valence electrons. The van der Waals surface area contributed by atoms with Gasteiger partial charge in [-0.3, -0.25) is 0 Å². The molecule has 0 aromatic heterocycles. The standard InChI is InChI=1S/C10H13N3O4S/c11-8-5-7(3-4-9(8)14)18(16,17)13-10(15)12-6-1-2-6/h3-6,14H,1-2,11H2,(H2,12,13,15). The fourth-order valence-electron chi connectivity index (χ4n) is 1.32. The molecule has 5 N–H and O–H groups in total. The molecule has 1 saturated carbocycles. The second kappa shape index (κ2) is 4.37. The van der Waals surface area contributed by atoms with Gasteiger partial charge in [0.2, 0.25) is 0 Å². The number of nitrogens with two attached hydrogens (primary N) is 1. The van der Waals surface area contributed by atoms with Gasteiger partial charge in [0.05, 0.1) is 10.6 Å². The molecule has 7 nitrogen and oxygen atoms in total. The maximum atomic E-state index is 11.8. The predicted octanol–water partition coefficient (Wildman–Crippen LogP) is 0.125. The molecule has 1 aliphatic rings. The zero-order chi connectivity index (χ0) is 13.3. The first kappa shape index (κ1) is 12.5. The monoisotopic (exact) mass is 271 g/mol. The second-order valence-corrected chi connectivity index (χ2v) is 5.76. The normalized spacial score (nSPS) is 15.1. The fourth-order valence-corrected chi connectivity index (χ4v) is 2.27. The summed E-state index contributed by atoms with van der Waals surface area (Å²) >= 11 is 0. The van der Waals surface area contributed by atoms with Crippen molar-refractivity contribution in [3.63, 3.8) is 0 Å². The number of rotatable bonds is 3. The lowest BCUT2D eigenvalue weighted by Gasteiger charge is -2.08. The first-order chi connectivity index (χ1) is 8.38. The van der Waals surface area contributed by atoms with Crippen LogP contribution in [0.2, 0.25) is 0 Å². The van der Waals surface area contributed by atoms with Crippen LogP contribution in [0.25, 0.3) is 0 Å². The molecule has 0 heterocycles. The minimum Gasteiger partial charge on any atom is -0.506 e. The van der Waals surface area contributed by atoms with E-state index in [4.69, 9.17) is 5.73 Å². The highest BCUT2D eigenvalue weighted by molar-refractivity contribution is 7.90. The van der Waals surface area contributed by atoms with Crippen LogP contribution in [-0.2, 0) is 10.0 Å². The number of nitrogen functional groups attached to an aromatic ring is 1. The number of hydrogen-bond acceptors (Lipinski definition) is 5. The molecule has 2 rings (SSSR count). The maximum Gasteiger partial charge on any atom is 0.328 e. The summed E-state index contributed by atoms with van der Waals surface area (Å²) in [6.07, 6.45) is 1.72. The summed E-state index contributed by atoms with van der Waals surface area (Å²) in [6, 6.07) is 2.71. The number of aromatic hydroxyl groups is 1. The average Bonchev–Trinajstić information content (AvgIpc) is 3.04. The van der Waals surface area contributed by atoms with E-state index in [-0.39, 0.29) is 22.4 Å². The van der Waals surface area contributed by atoms with Crippen molar-refractivity contribution in [1.82, 2.24) is 10.0 Å². The summed E-state index contributed by atoms with van der Waals surface area (Å²) in [4.78, 5) is 11.2. The Morgan fingerprint density at radius 2 is 2.06 bits per heavy atom. The van der Waals surface area contributed by atoms with Crippen LogP contribution < -0.4 is 15.8 Å². The molecule has 1 aromatic carbocycles. The number of benzene rings is 1. The van der Waals surface area contributed by atoms with E-state index in [9.17, 15) is 18.3 Å². The van der Waals surface area contributed by atoms with E-state index < -0.39 is 16.1 Å². The smallest absolute Gasteiger partial charge is 0.328 e. The summed E-state index contributed by atoms with van der Waals surface area (Å²) in [6.45, 7) is 0. The Morgan fingerprint density at radius 1 is 1.39 bits per heavy atom. The Morgan fingerprint density at radius 3 is 2.61 bits per heavy atom. The van der Waals surface area contributed by atoms with E-state index in [1.807, 2.05) is 4.72 Å². The topological polar surface area (TPSA) is 122 Å². The van der Waals surface area contributed by atoms with E-state index in [2.05, 4.69) is 5.32 Å². The van der Waals surface area contributed by atoms with Crippen LogP contribution in [-0.4, -0.2) is 25.6 Å². The summed E-state index contributed by atoms with van der Waals surface area (Å²) in [5.74, 6) is -0.212. The summed E-state index contributed by atoms with van der Waals surface area (Å²) in [7, 11) is -3.97. The molecule has 0 unspecified atom stereocenters. The zero-order valence-corrected chi connectivity index (χ0v) is 10.2. The summed E-state index contributed by atoms with van der Waals surface area (Å²) < 4.78 is 25.5. The zero-order valence-electron chi connectivity index (χ0n) is 9.38. The Balaban J connectivity index is 2.13. The van der Waals surface area contributed by atoms with Crippen LogP contribution in [0, 0.1) is 0 Å². The molecule has 0 aliphatic heterocycles. The number of anilines is 1. The number of carbonyl (C=O) groups excluding carboxylic acids is 1. The van der Waals surface area contributed by atoms with E-state index in [1.165, 1.54) is 6.07 Å². The quantitative estimate of drug-likeness (QED) is 0.459. The largest absolute Gasteiger partial charge is 0.506 e. The van der Waals surface area contributed by atoms with Crippen molar-refractivity contribution in [2.24, 2.45) is 0 Å². The van der Waals surface area contributed by atoms with Gasteiger partial charge >= 0.3 is 6.03 Å². The number of nitrogens with one attached hydrogen (secondary N) is 2. The first-order valence-corrected chi connectivity index (χ1v) is 6.78. The van der Waals surface area contributed by atoms with Crippen molar-refractivity contribution < 1.29 is 18.3 Å². The number of phenolic OH excluding ortho intramolecular Hbond substituents is 1. The lowest BCUT2D eigenvalue weighted by molar-refractivity contribution is 0.245. The van der Waals surface area contributed by atoms with Crippen molar-refractivity contribution in [3.8, 4) is 5.75 Å². The van der Waals surface area contributed by atoms with Crippen LogP contribution in [0.5, 0.6) is 5.75 Å².